The van der Waals surface area contributed by atoms with E-state index in [0.717, 1.165) is 11.0 Å². The maximum Gasteiger partial charge on any atom is 0.375 e. The number of Topliss-reactive ketones (excluding diaryl/α,β-unsaturated/α-hetero) is 3. The number of H-pyrrole nitrogens is 1. The summed E-state index contributed by atoms with van der Waals surface area (Å²) in [5.41, 5.74) is -0.958. The number of carbonyl (C=O) groups excluding carboxylic acids is 6. The monoisotopic (exact) mass is 587 g/mol. The van der Waals surface area contributed by atoms with Crippen LogP contribution in [0, 0.1) is 23.0 Å². The molecule has 1 amide bonds. The average molecular weight is 588 g/mol. The number of esters is 2. The standard InChI is InChI=1S/C21H17F2N3O4.C8H12O4/c1-3-30-20(29)21(2)17(12-5-4-6-13(22)16(12)23)26(19(28)18(21)27)11-7-8-14-15(9-11)25-10-24-14;1-4-12-8(11)7(10)5(2)6(3)9/h4-10,17H,3H2,1-2H3,(H,24,25);5H,4H2,1-3H3/i10+2;. The van der Waals surface area contributed by atoms with Gasteiger partial charge in [-0.2, -0.15) is 0 Å². The molecule has 2 aromatic carbocycles. The van der Waals surface area contributed by atoms with Crippen LogP contribution in [0.15, 0.2) is 42.7 Å². The molecule has 1 fully saturated rings. The van der Waals surface area contributed by atoms with Crippen molar-refractivity contribution in [1.29, 1.82) is 0 Å². The summed E-state index contributed by atoms with van der Waals surface area (Å²) < 4.78 is 38.3. The molecule has 11 nitrogen and oxygen atoms in total. The number of aromatic nitrogens is 2. The fourth-order valence-electron chi connectivity index (χ4n) is 4.40. The number of anilines is 1. The lowest BCUT2D eigenvalue weighted by molar-refractivity contribution is -0.159. The van der Waals surface area contributed by atoms with Crippen molar-refractivity contribution in [1.82, 2.24) is 9.97 Å². The lowest BCUT2D eigenvalue weighted by Crippen LogP contribution is -2.41. The lowest BCUT2D eigenvalue weighted by atomic mass is 9.77. The van der Waals surface area contributed by atoms with Crippen molar-refractivity contribution in [3.63, 3.8) is 0 Å². The van der Waals surface area contributed by atoms with Gasteiger partial charge in [-0.1, -0.05) is 12.1 Å². The van der Waals surface area contributed by atoms with Crippen molar-refractivity contribution in [3.05, 3.63) is 59.9 Å². The SMILES string of the molecule is CCOC(=O)C(=O)C(C)C(C)=O.CCOC(=O)C1(C)C(=O)C(=O)N(c2ccc3n[14cH][nH]c3c2)C1c1cccc(F)c1F. The molecule has 2 heterocycles. The minimum absolute atomic E-state index is 0.0473. The number of nitrogens with zero attached hydrogens (tertiary/aromatic N) is 2. The molecule has 3 unspecified atom stereocenters. The fourth-order valence-corrected chi connectivity index (χ4v) is 4.40. The molecule has 222 valence electrons. The molecule has 1 aliphatic heterocycles. The van der Waals surface area contributed by atoms with E-state index in [-0.39, 0.29) is 30.2 Å². The molecule has 0 radical (unpaired) electrons. The van der Waals surface area contributed by atoms with E-state index in [9.17, 15) is 37.5 Å². The van der Waals surface area contributed by atoms with E-state index in [1.165, 1.54) is 45.3 Å². The lowest BCUT2D eigenvalue weighted by Gasteiger charge is -2.32. The summed E-state index contributed by atoms with van der Waals surface area (Å²) in [5.74, 6) is -8.37. The number of carbonyl (C=O) groups is 6. The molecular formula is C29H29F2N3O8. The van der Waals surface area contributed by atoms with E-state index >= 15 is 0 Å². The number of imidazole rings is 1. The van der Waals surface area contributed by atoms with Gasteiger partial charge in [-0.3, -0.25) is 28.9 Å². The van der Waals surface area contributed by atoms with E-state index in [4.69, 9.17) is 4.74 Å². The Balaban J connectivity index is 0.000000343. The van der Waals surface area contributed by atoms with Crippen LogP contribution in [0.1, 0.15) is 46.2 Å². The van der Waals surface area contributed by atoms with Gasteiger partial charge in [-0.05, 0) is 58.9 Å². The van der Waals surface area contributed by atoms with Gasteiger partial charge in [0.25, 0.3) is 5.91 Å². The van der Waals surface area contributed by atoms with E-state index in [1.54, 1.807) is 26.0 Å². The van der Waals surface area contributed by atoms with Crippen LogP contribution in [-0.4, -0.2) is 58.4 Å². The third-order valence-electron chi connectivity index (χ3n) is 6.83. The largest absolute Gasteiger partial charge is 0.465 e. The highest BCUT2D eigenvalue weighted by Crippen LogP contribution is 2.49. The number of rotatable bonds is 8. The van der Waals surface area contributed by atoms with Gasteiger partial charge in [-0.25, -0.2) is 18.6 Å². The zero-order valence-corrected chi connectivity index (χ0v) is 23.5. The maximum atomic E-state index is 14.8. The van der Waals surface area contributed by atoms with Crippen LogP contribution >= 0.6 is 0 Å². The van der Waals surface area contributed by atoms with Gasteiger partial charge in [0.1, 0.15) is 5.78 Å². The van der Waals surface area contributed by atoms with Gasteiger partial charge in [0.15, 0.2) is 17.0 Å². The molecule has 0 bridgehead atoms. The first-order chi connectivity index (χ1) is 19.8. The summed E-state index contributed by atoms with van der Waals surface area (Å²) in [6, 6.07) is 6.66. The van der Waals surface area contributed by atoms with Gasteiger partial charge in [0.05, 0.1) is 42.5 Å². The van der Waals surface area contributed by atoms with Gasteiger partial charge in [-0.15, -0.1) is 0 Å². The summed E-state index contributed by atoms with van der Waals surface area (Å²) in [7, 11) is 0. The van der Waals surface area contributed by atoms with Crippen LogP contribution in [-0.2, 0) is 38.2 Å². The topological polar surface area (TPSA) is 153 Å². The number of ketones is 3. The van der Waals surface area contributed by atoms with Gasteiger partial charge >= 0.3 is 11.9 Å². The fraction of sp³-hybridized carbons (Fsp3) is 0.345. The molecule has 0 aliphatic carbocycles. The Morgan fingerprint density at radius 1 is 1.10 bits per heavy atom. The molecule has 1 aromatic heterocycles. The highest BCUT2D eigenvalue weighted by molar-refractivity contribution is 6.49. The molecule has 42 heavy (non-hydrogen) atoms. The summed E-state index contributed by atoms with van der Waals surface area (Å²) >= 11 is 0. The Hall–Kier alpha value is -4.81. The zero-order chi connectivity index (χ0) is 31.4. The first kappa shape index (κ1) is 31.7. The van der Waals surface area contributed by atoms with Crippen molar-refractivity contribution >= 4 is 51.9 Å². The Bertz CT molecular complexity index is 1570. The first-order valence-corrected chi connectivity index (χ1v) is 12.9. The van der Waals surface area contributed by atoms with Crippen LogP contribution in [0.25, 0.3) is 11.0 Å². The van der Waals surface area contributed by atoms with Crippen molar-refractivity contribution in [2.75, 3.05) is 18.1 Å². The molecule has 0 spiro atoms. The Morgan fingerprint density at radius 3 is 2.38 bits per heavy atom. The third kappa shape index (κ3) is 5.80. The number of aromatic amines is 1. The normalized spacial score (nSPS) is 18.7. The molecule has 1 aliphatic rings. The number of ether oxygens (including phenoxy) is 2. The third-order valence-corrected chi connectivity index (χ3v) is 6.83. The minimum atomic E-state index is -2.06. The Labute approximate surface area is 239 Å². The van der Waals surface area contributed by atoms with Crippen molar-refractivity contribution < 1.29 is 47.0 Å². The van der Waals surface area contributed by atoms with E-state index in [1.807, 2.05) is 0 Å². The van der Waals surface area contributed by atoms with E-state index < -0.39 is 58.4 Å². The van der Waals surface area contributed by atoms with Crippen LogP contribution in [0.2, 0.25) is 0 Å². The number of hydrogen-bond acceptors (Lipinski definition) is 9. The summed E-state index contributed by atoms with van der Waals surface area (Å²) in [5, 5.41) is 0. The maximum absolute atomic E-state index is 14.8. The molecular weight excluding hydrogens is 558 g/mol. The second-order valence-corrected chi connectivity index (χ2v) is 9.49. The number of fused-ring (bicyclic) bond motifs is 1. The average Bonchev–Trinajstić information content (AvgIpc) is 3.51. The van der Waals surface area contributed by atoms with Crippen LogP contribution in [0.3, 0.4) is 0 Å². The van der Waals surface area contributed by atoms with Gasteiger partial charge < -0.3 is 14.5 Å². The quantitative estimate of drug-likeness (QED) is 0.237. The van der Waals surface area contributed by atoms with Crippen LogP contribution < -0.4 is 4.90 Å². The molecule has 1 saturated heterocycles. The minimum Gasteiger partial charge on any atom is -0.465 e. The molecule has 13 heteroatoms. The highest BCUT2D eigenvalue weighted by atomic mass is 19.2. The molecule has 1 N–H and O–H groups in total. The number of amides is 1. The van der Waals surface area contributed by atoms with Crippen molar-refractivity contribution in [2.24, 2.45) is 11.3 Å². The Kier molecular flexibility index (Phi) is 9.66. The molecule has 0 saturated carbocycles. The second kappa shape index (κ2) is 12.8. The highest BCUT2D eigenvalue weighted by Gasteiger charge is 2.63. The first-order valence-electron chi connectivity index (χ1n) is 12.9. The Morgan fingerprint density at radius 2 is 1.76 bits per heavy atom. The van der Waals surface area contributed by atoms with E-state index in [2.05, 4.69) is 14.7 Å². The molecule has 4 rings (SSSR count). The number of nitrogens with one attached hydrogen (secondary N) is 1. The van der Waals surface area contributed by atoms with Gasteiger partial charge in [0.2, 0.25) is 11.6 Å². The summed E-state index contributed by atoms with van der Waals surface area (Å²) in [6.07, 6.45) is 1.46. The van der Waals surface area contributed by atoms with E-state index in [0.29, 0.717) is 11.0 Å². The predicted octanol–water partition coefficient (Wildman–Crippen LogP) is 3.41. The molecule has 3 aromatic rings. The van der Waals surface area contributed by atoms with Crippen molar-refractivity contribution in [3.8, 4) is 0 Å². The zero-order valence-electron chi connectivity index (χ0n) is 23.5. The number of hydrogen-bond donors (Lipinski definition) is 1. The smallest absolute Gasteiger partial charge is 0.375 e. The summed E-state index contributed by atoms with van der Waals surface area (Å²) in [4.78, 5) is 79.2. The number of benzene rings is 2. The predicted molar refractivity (Wildman–Crippen MR) is 144 cm³/mol. The van der Waals surface area contributed by atoms with Crippen LogP contribution in [0.4, 0.5) is 14.5 Å². The van der Waals surface area contributed by atoms with Crippen molar-refractivity contribution in [2.45, 2.75) is 40.7 Å². The second-order valence-electron chi connectivity index (χ2n) is 9.49. The summed E-state index contributed by atoms with van der Waals surface area (Å²) in [6.45, 7) is 7.12. The van der Waals surface area contributed by atoms with Gasteiger partial charge in [0, 0.05) is 11.3 Å². The van der Waals surface area contributed by atoms with Crippen LogP contribution in [0.5, 0.6) is 0 Å². The molecule has 3 atom stereocenters. The number of halogens is 2.